The van der Waals surface area contributed by atoms with Crippen LogP contribution in [0.5, 0.6) is 0 Å². The quantitative estimate of drug-likeness (QED) is 0.904. The van der Waals surface area contributed by atoms with E-state index in [0.29, 0.717) is 12.1 Å². The molecular formula is C14H24N4O. The van der Waals surface area contributed by atoms with Gasteiger partial charge in [0.05, 0.1) is 12.0 Å². The summed E-state index contributed by atoms with van der Waals surface area (Å²) < 4.78 is 2.00. The lowest BCUT2D eigenvalue weighted by atomic mass is 9.97. The largest absolute Gasteiger partial charge is 0.347 e. The van der Waals surface area contributed by atoms with Gasteiger partial charge in [0.2, 0.25) is 5.91 Å². The van der Waals surface area contributed by atoms with E-state index >= 15 is 0 Å². The zero-order valence-electron chi connectivity index (χ0n) is 12.3. The first-order valence-electron chi connectivity index (χ1n) is 6.99. The first kappa shape index (κ1) is 14.1. The van der Waals surface area contributed by atoms with Crippen molar-refractivity contribution in [2.75, 3.05) is 14.1 Å². The van der Waals surface area contributed by atoms with Crippen LogP contribution in [-0.2, 0) is 4.79 Å². The molecule has 1 aliphatic heterocycles. The third-order valence-corrected chi connectivity index (χ3v) is 3.88. The van der Waals surface area contributed by atoms with Gasteiger partial charge in [-0.1, -0.05) is 0 Å². The third-order valence-electron chi connectivity index (χ3n) is 3.88. The molecule has 0 aromatic carbocycles. The Morgan fingerprint density at radius 1 is 1.53 bits per heavy atom. The molecule has 2 rings (SSSR count). The van der Waals surface area contributed by atoms with Crippen LogP contribution in [0.3, 0.4) is 0 Å². The monoisotopic (exact) mass is 264 g/mol. The highest BCUT2D eigenvalue weighted by atomic mass is 16.2. The van der Waals surface area contributed by atoms with Gasteiger partial charge in [0, 0.05) is 32.4 Å². The van der Waals surface area contributed by atoms with Crippen LogP contribution in [0.1, 0.15) is 50.9 Å². The summed E-state index contributed by atoms with van der Waals surface area (Å²) in [7, 11) is 3.58. The van der Waals surface area contributed by atoms with Crippen LogP contribution < -0.4 is 5.32 Å². The minimum absolute atomic E-state index is 0.100. The van der Waals surface area contributed by atoms with Crippen LogP contribution in [0.4, 0.5) is 0 Å². The number of aromatic nitrogens is 2. The number of carbonyl (C=O) groups is 1. The summed E-state index contributed by atoms with van der Waals surface area (Å²) in [5, 5.41) is 3.60. The Bertz CT molecular complexity index is 440. The Morgan fingerprint density at radius 3 is 2.89 bits per heavy atom. The van der Waals surface area contributed by atoms with E-state index in [4.69, 9.17) is 0 Å². The van der Waals surface area contributed by atoms with Crippen molar-refractivity contribution < 1.29 is 4.79 Å². The molecule has 1 amide bonds. The molecule has 3 atom stereocenters. The Labute approximate surface area is 115 Å². The number of piperidine rings is 1. The van der Waals surface area contributed by atoms with Crippen molar-refractivity contribution in [2.24, 2.45) is 0 Å². The van der Waals surface area contributed by atoms with E-state index in [1.807, 2.05) is 17.7 Å². The van der Waals surface area contributed by atoms with Crippen molar-refractivity contribution in [3.05, 3.63) is 18.2 Å². The van der Waals surface area contributed by atoms with E-state index < -0.39 is 0 Å². The SMILES string of the molecule is CC1CCCC(c2cncn2C(C)C(=O)N(C)C)N1. The lowest BCUT2D eigenvalue weighted by Gasteiger charge is -2.30. The number of hydrogen-bond donors (Lipinski definition) is 1. The summed E-state index contributed by atoms with van der Waals surface area (Å²) in [6.07, 6.45) is 7.20. The van der Waals surface area contributed by atoms with Crippen LogP contribution in [0, 0.1) is 0 Å². The molecule has 5 nitrogen and oxygen atoms in total. The second kappa shape index (κ2) is 5.74. The van der Waals surface area contributed by atoms with Gasteiger partial charge in [0.1, 0.15) is 6.04 Å². The molecule has 1 N–H and O–H groups in total. The Morgan fingerprint density at radius 2 is 2.26 bits per heavy atom. The van der Waals surface area contributed by atoms with Gasteiger partial charge in [-0.3, -0.25) is 4.79 Å². The van der Waals surface area contributed by atoms with Gasteiger partial charge in [-0.2, -0.15) is 0 Å². The molecule has 1 aromatic rings. The summed E-state index contributed by atoms with van der Waals surface area (Å²) in [4.78, 5) is 18.0. The predicted octanol–water partition coefficient (Wildman–Crippen LogP) is 1.74. The summed E-state index contributed by atoms with van der Waals surface area (Å²) in [5.41, 5.74) is 1.12. The van der Waals surface area contributed by atoms with Crippen molar-refractivity contribution in [3.8, 4) is 0 Å². The summed E-state index contributed by atoms with van der Waals surface area (Å²) >= 11 is 0. The molecule has 5 heteroatoms. The van der Waals surface area contributed by atoms with Crippen molar-refractivity contribution in [1.29, 1.82) is 0 Å². The normalized spacial score (nSPS) is 25.1. The molecule has 106 valence electrons. The highest BCUT2D eigenvalue weighted by Gasteiger charge is 2.26. The van der Waals surface area contributed by atoms with E-state index in [0.717, 1.165) is 12.1 Å². The number of likely N-dealkylation sites (N-methyl/N-ethyl adjacent to an activating group) is 1. The zero-order chi connectivity index (χ0) is 14.0. The van der Waals surface area contributed by atoms with Crippen molar-refractivity contribution in [3.63, 3.8) is 0 Å². The molecule has 1 fully saturated rings. The second-order valence-corrected chi connectivity index (χ2v) is 5.69. The summed E-state index contributed by atoms with van der Waals surface area (Å²) in [6, 6.07) is 0.636. The lowest BCUT2D eigenvalue weighted by molar-refractivity contribution is -0.131. The highest BCUT2D eigenvalue weighted by Crippen LogP contribution is 2.27. The van der Waals surface area contributed by atoms with Crippen LogP contribution in [0.15, 0.2) is 12.5 Å². The average Bonchev–Trinajstić information content (AvgIpc) is 2.86. The molecule has 1 saturated heterocycles. The maximum atomic E-state index is 12.1. The van der Waals surface area contributed by atoms with Gasteiger partial charge in [-0.25, -0.2) is 4.98 Å². The molecule has 0 aliphatic carbocycles. The minimum Gasteiger partial charge on any atom is -0.347 e. The smallest absolute Gasteiger partial charge is 0.244 e. The molecule has 2 heterocycles. The third kappa shape index (κ3) is 2.97. The lowest BCUT2D eigenvalue weighted by Crippen LogP contribution is -2.37. The Balaban J connectivity index is 2.19. The molecule has 0 radical (unpaired) electrons. The van der Waals surface area contributed by atoms with Crippen molar-refractivity contribution >= 4 is 5.91 Å². The first-order chi connectivity index (χ1) is 9.00. The number of amides is 1. The highest BCUT2D eigenvalue weighted by molar-refractivity contribution is 5.79. The average molecular weight is 264 g/mol. The maximum absolute atomic E-state index is 12.1. The Hall–Kier alpha value is -1.36. The Kier molecular flexibility index (Phi) is 4.24. The van der Waals surface area contributed by atoms with Gasteiger partial charge in [0.25, 0.3) is 0 Å². The second-order valence-electron chi connectivity index (χ2n) is 5.69. The number of imidazole rings is 1. The van der Waals surface area contributed by atoms with E-state index in [-0.39, 0.29) is 11.9 Å². The topological polar surface area (TPSA) is 50.2 Å². The van der Waals surface area contributed by atoms with Crippen LogP contribution in [0.2, 0.25) is 0 Å². The molecule has 0 bridgehead atoms. The first-order valence-corrected chi connectivity index (χ1v) is 6.99. The van der Waals surface area contributed by atoms with Gasteiger partial charge in [0.15, 0.2) is 0 Å². The van der Waals surface area contributed by atoms with E-state index in [1.54, 1.807) is 25.3 Å². The summed E-state index contributed by atoms with van der Waals surface area (Å²) in [6.45, 7) is 4.14. The fourth-order valence-corrected chi connectivity index (χ4v) is 2.77. The van der Waals surface area contributed by atoms with Crippen molar-refractivity contribution in [2.45, 2.75) is 51.2 Å². The summed E-state index contributed by atoms with van der Waals surface area (Å²) in [5.74, 6) is 0.100. The molecule has 19 heavy (non-hydrogen) atoms. The number of hydrogen-bond acceptors (Lipinski definition) is 3. The standard InChI is InChI=1S/C14H24N4O/c1-10-6-5-7-12(16-10)13-8-15-9-18(13)11(2)14(19)17(3)4/h8-12,16H,5-7H2,1-4H3. The minimum atomic E-state index is -0.202. The molecule has 1 aliphatic rings. The molecule has 0 saturated carbocycles. The number of carbonyl (C=O) groups excluding carboxylic acids is 1. The van der Waals surface area contributed by atoms with Gasteiger partial charge in [-0.05, 0) is 33.1 Å². The fraction of sp³-hybridized carbons (Fsp3) is 0.714. The van der Waals surface area contributed by atoms with Crippen LogP contribution >= 0.6 is 0 Å². The van der Waals surface area contributed by atoms with Gasteiger partial charge < -0.3 is 14.8 Å². The molecular weight excluding hydrogens is 240 g/mol. The fourth-order valence-electron chi connectivity index (χ4n) is 2.77. The zero-order valence-corrected chi connectivity index (χ0v) is 12.3. The van der Waals surface area contributed by atoms with E-state index in [2.05, 4.69) is 17.2 Å². The van der Waals surface area contributed by atoms with Gasteiger partial charge in [-0.15, -0.1) is 0 Å². The van der Waals surface area contributed by atoms with E-state index in [1.165, 1.54) is 12.8 Å². The molecule has 1 aromatic heterocycles. The van der Waals surface area contributed by atoms with Crippen LogP contribution in [-0.4, -0.2) is 40.5 Å². The number of rotatable bonds is 3. The predicted molar refractivity (Wildman–Crippen MR) is 74.8 cm³/mol. The maximum Gasteiger partial charge on any atom is 0.244 e. The van der Waals surface area contributed by atoms with Crippen LogP contribution in [0.25, 0.3) is 0 Å². The molecule has 0 spiro atoms. The number of nitrogens with zero attached hydrogens (tertiary/aromatic N) is 3. The number of nitrogens with one attached hydrogen (secondary N) is 1. The van der Waals surface area contributed by atoms with Gasteiger partial charge >= 0.3 is 0 Å². The van der Waals surface area contributed by atoms with E-state index in [9.17, 15) is 4.79 Å². The molecule has 3 unspecified atom stereocenters. The van der Waals surface area contributed by atoms with Crippen molar-refractivity contribution in [1.82, 2.24) is 19.8 Å².